The second kappa shape index (κ2) is 6.72. The minimum atomic E-state index is -0.260. The van der Waals surface area contributed by atoms with Crippen LogP contribution in [0.5, 0.6) is 0 Å². The third-order valence-corrected chi connectivity index (χ3v) is 5.24. The van der Waals surface area contributed by atoms with Crippen LogP contribution < -0.4 is 11.1 Å². The molecule has 0 saturated heterocycles. The maximum atomic E-state index is 13.5. The Morgan fingerprint density at radius 1 is 0.931 bits per heavy atom. The van der Waals surface area contributed by atoms with Crippen LogP contribution in [0, 0.1) is 12.7 Å². The molecular weight excluding hydrogens is 363 g/mol. The van der Waals surface area contributed by atoms with E-state index in [4.69, 9.17) is 10.7 Å². The number of aromatic amines is 1. The first-order chi connectivity index (χ1) is 14.1. The molecule has 5 N–H and O–H groups in total. The van der Waals surface area contributed by atoms with Crippen LogP contribution in [0.25, 0.3) is 22.3 Å². The standard InChI is InChI=1S/C24H19FN4/c1-14-21(19-13-18(26)11-12-20(19)27-14)24-28-22(15-5-3-2-4-6-15)23(29-24)16-7-9-17(25)10-8-16/h2-13,27H,26H2,1H3,(H,28,29)/p+1. The van der Waals surface area contributed by atoms with Gasteiger partial charge in [0.1, 0.15) is 11.5 Å². The van der Waals surface area contributed by atoms with Crippen molar-refractivity contribution in [2.24, 2.45) is 4.99 Å². The van der Waals surface area contributed by atoms with Gasteiger partial charge in [-0.2, -0.15) is 4.99 Å². The molecule has 0 radical (unpaired) electrons. The maximum Gasteiger partial charge on any atom is 0.240 e. The van der Waals surface area contributed by atoms with Crippen molar-refractivity contribution in [1.29, 1.82) is 0 Å². The molecule has 4 aromatic rings. The first kappa shape index (κ1) is 17.4. The van der Waals surface area contributed by atoms with E-state index >= 15 is 0 Å². The molecule has 0 aliphatic carbocycles. The summed E-state index contributed by atoms with van der Waals surface area (Å²) >= 11 is 0. The van der Waals surface area contributed by atoms with Gasteiger partial charge in [0.05, 0.1) is 5.56 Å². The van der Waals surface area contributed by atoms with Crippen molar-refractivity contribution in [3.8, 4) is 0 Å². The van der Waals surface area contributed by atoms with E-state index in [-0.39, 0.29) is 5.82 Å². The molecule has 142 valence electrons. The van der Waals surface area contributed by atoms with Crippen molar-refractivity contribution < 1.29 is 9.71 Å². The Hall–Kier alpha value is -3.70. The number of amidine groups is 1. The van der Waals surface area contributed by atoms with Crippen molar-refractivity contribution in [3.63, 3.8) is 0 Å². The van der Waals surface area contributed by atoms with E-state index in [1.54, 1.807) is 12.1 Å². The van der Waals surface area contributed by atoms with Gasteiger partial charge in [-0.1, -0.05) is 18.2 Å². The summed E-state index contributed by atoms with van der Waals surface area (Å²) in [6, 6.07) is 22.5. The topological polar surface area (TPSA) is 70.8 Å². The number of anilines is 1. The number of hydrogen-bond acceptors (Lipinski definition) is 2. The van der Waals surface area contributed by atoms with Crippen LogP contribution in [0.4, 0.5) is 10.1 Å². The van der Waals surface area contributed by atoms with Gasteiger partial charge >= 0.3 is 0 Å². The SMILES string of the molecule is Cc1[nH]c2ccc(N)cc2c1C1=NC(c2ccc(F)cc2)=C(c2ccccc2)[NH2+]1. The van der Waals surface area contributed by atoms with Crippen LogP contribution in [-0.4, -0.2) is 10.8 Å². The Morgan fingerprint density at radius 2 is 1.69 bits per heavy atom. The lowest BCUT2D eigenvalue weighted by atomic mass is 10.1. The molecule has 1 aliphatic heterocycles. The monoisotopic (exact) mass is 383 g/mol. The molecule has 5 heteroatoms. The predicted octanol–water partition coefficient (Wildman–Crippen LogP) is 4.05. The number of nitrogens with one attached hydrogen (secondary N) is 1. The van der Waals surface area contributed by atoms with Gasteiger partial charge < -0.3 is 10.7 Å². The summed E-state index contributed by atoms with van der Waals surface area (Å²) in [6.45, 7) is 2.04. The zero-order valence-electron chi connectivity index (χ0n) is 15.9. The van der Waals surface area contributed by atoms with Gasteiger partial charge in [-0.15, -0.1) is 0 Å². The highest BCUT2D eigenvalue weighted by molar-refractivity contribution is 6.13. The lowest BCUT2D eigenvalue weighted by Crippen LogP contribution is -2.83. The number of hydrogen-bond donors (Lipinski definition) is 3. The molecule has 0 amide bonds. The number of nitrogens with two attached hydrogens (primary N) is 2. The molecule has 0 unspecified atom stereocenters. The predicted molar refractivity (Wildman–Crippen MR) is 116 cm³/mol. The molecule has 0 atom stereocenters. The fourth-order valence-electron chi connectivity index (χ4n) is 3.89. The Balaban J connectivity index is 1.68. The van der Waals surface area contributed by atoms with E-state index in [9.17, 15) is 4.39 Å². The Labute approximate surface area is 167 Å². The number of aromatic nitrogens is 1. The number of aliphatic imine (C=N–C) groups is 1. The number of aryl methyl sites for hydroxylation is 1. The van der Waals surface area contributed by atoms with Crippen LogP contribution in [0.2, 0.25) is 0 Å². The van der Waals surface area contributed by atoms with Crippen LogP contribution in [0.3, 0.4) is 0 Å². The minimum absolute atomic E-state index is 0.260. The Morgan fingerprint density at radius 3 is 2.45 bits per heavy atom. The lowest BCUT2D eigenvalue weighted by Gasteiger charge is -2.04. The summed E-state index contributed by atoms with van der Waals surface area (Å²) in [6.07, 6.45) is 0. The largest absolute Gasteiger partial charge is 0.399 e. The molecule has 0 fully saturated rings. The number of benzene rings is 3. The Bertz CT molecular complexity index is 1280. The molecule has 29 heavy (non-hydrogen) atoms. The summed E-state index contributed by atoms with van der Waals surface area (Å²) in [5, 5.41) is 3.15. The lowest BCUT2D eigenvalue weighted by molar-refractivity contribution is -0.428. The van der Waals surface area contributed by atoms with Gasteiger partial charge in [-0.05, 0) is 61.5 Å². The van der Waals surface area contributed by atoms with E-state index in [0.29, 0.717) is 5.69 Å². The molecule has 2 heterocycles. The quantitative estimate of drug-likeness (QED) is 0.459. The summed E-state index contributed by atoms with van der Waals surface area (Å²) in [7, 11) is 0. The third-order valence-electron chi connectivity index (χ3n) is 5.24. The number of nitrogens with zero attached hydrogens (tertiary/aromatic N) is 1. The zero-order chi connectivity index (χ0) is 20.0. The summed E-state index contributed by atoms with van der Waals surface area (Å²) in [4.78, 5) is 8.41. The highest BCUT2D eigenvalue weighted by Gasteiger charge is 2.29. The highest BCUT2D eigenvalue weighted by atomic mass is 19.1. The zero-order valence-corrected chi connectivity index (χ0v) is 15.9. The van der Waals surface area contributed by atoms with Crippen LogP contribution in [-0.2, 0) is 0 Å². The maximum absolute atomic E-state index is 13.5. The first-order valence-corrected chi connectivity index (χ1v) is 9.47. The summed E-state index contributed by atoms with van der Waals surface area (Å²) < 4.78 is 13.5. The van der Waals surface area contributed by atoms with Gasteiger partial charge in [0, 0.05) is 33.4 Å². The molecule has 0 spiro atoms. The van der Waals surface area contributed by atoms with Crippen molar-refractivity contribution in [3.05, 3.63) is 101 Å². The van der Waals surface area contributed by atoms with Gasteiger partial charge in [-0.25, -0.2) is 4.39 Å². The van der Waals surface area contributed by atoms with Gasteiger partial charge in [0.25, 0.3) is 0 Å². The number of rotatable bonds is 3. The van der Waals surface area contributed by atoms with E-state index in [1.165, 1.54) is 12.1 Å². The van der Waals surface area contributed by atoms with Crippen molar-refractivity contribution in [2.45, 2.75) is 6.92 Å². The molecule has 0 saturated carbocycles. The summed E-state index contributed by atoms with van der Waals surface area (Å²) in [5.41, 5.74) is 13.7. The fourth-order valence-corrected chi connectivity index (χ4v) is 3.89. The fraction of sp³-hybridized carbons (Fsp3) is 0.0417. The van der Waals surface area contributed by atoms with Crippen LogP contribution >= 0.6 is 0 Å². The molecule has 1 aromatic heterocycles. The third kappa shape index (κ3) is 3.02. The van der Waals surface area contributed by atoms with Crippen LogP contribution in [0.15, 0.2) is 77.8 Å². The van der Waals surface area contributed by atoms with E-state index in [1.807, 2.05) is 43.3 Å². The number of nitrogen functional groups attached to an aromatic ring is 1. The molecule has 1 aliphatic rings. The van der Waals surface area contributed by atoms with Gasteiger partial charge in [-0.3, -0.25) is 5.32 Å². The smallest absolute Gasteiger partial charge is 0.240 e. The molecule has 3 aromatic carbocycles. The number of halogens is 1. The molecule has 0 bridgehead atoms. The Kier molecular flexibility index (Phi) is 4.03. The number of fused-ring (bicyclic) bond motifs is 1. The van der Waals surface area contributed by atoms with E-state index in [2.05, 4.69) is 22.4 Å². The van der Waals surface area contributed by atoms with Gasteiger partial charge in [0.15, 0.2) is 5.70 Å². The normalized spacial score (nSPS) is 13.9. The van der Waals surface area contributed by atoms with Crippen molar-refractivity contribution in [1.82, 2.24) is 4.98 Å². The van der Waals surface area contributed by atoms with E-state index in [0.717, 1.165) is 50.5 Å². The molecular formula is C24H20FN4+. The van der Waals surface area contributed by atoms with Gasteiger partial charge in [0.2, 0.25) is 5.84 Å². The van der Waals surface area contributed by atoms with Crippen molar-refractivity contribution in [2.75, 3.05) is 5.73 Å². The second-order valence-electron chi connectivity index (χ2n) is 7.21. The number of H-pyrrole nitrogens is 1. The van der Waals surface area contributed by atoms with Crippen LogP contribution in [0.1, 0.15) is 22.4 Å². The van der Waals surface area contributed by atoms with E-state index < -0.39 is 0 Å². The second-order valence-corrected chi connectivity index (χ2v) is 7.21. The molecule has 4 nitrogen and oxygen atoms in total. The average Bonchev–Trinajstić information content (AvgIpc) is 3.29. The summed E-state index contributed by atoms with van der Waals surface area (Å²) in [5.74, 6) is 0.613. The highest BCUT2D eigenvalue weighted by Crippen LogP contribution is 2.30. The minimum Gasteiger partial charge on any atom is -0.399 e. The first-order valence-electron chi connectivity index (χ1n) is 9.47. The number of quaternary nitrogens is 1. The average molecular weight is 383 g/mol. The van der Waals surface area contributed by atoms with Crippen molar-refractivity contribution >= 4 is 33.8 Å². The molecule has 5 rings (SSSR count).